The van der Waals surface area contributed by atoms with E-state index >= 15 is 0 Å². The topological polar surface area (TPSA) is 74.7 Å². The lowest BCUT2D eigenvalue weighted by Crippen LogP contribution is -2.35. The summed E-state index contributed by atoms with van der Waals surface area (Å²) in [5.41, 5.74) is 2.62. The molecule has 0 unspecified atom stereocenters. The van der Waals surface area contributed by atoms with Crippen molar-refractivity contribution in [2.75, 3.05) is 6.54 Å². The van der Waals surface area contributed by atoms with Gasteiger partial charge in [0.05, 0.1) is 10.6 Å². The van der Waals surface area contributed by atoms with Gasteiger partial charge < -0.3 is 10.0 Å². The van der Waals surface area contributed by atoms with Crippen LogP contribution >= 0.6 is 23.2 Å². The molecule has 0 saturated heterocycles. The third kappa shape index (κ3) is 7.84. The molecule has 0 aliphatic heterocycles. The van der Waals surface area contributed by atoms with Gasteiger partial charge in [0.15, 0.2) is 5.78 Å². The van der Waals surface area contributed by atoms with Crippen LogP contribution in [0, 0.1) is 6.92 Å². The molecule has 0 heterocycles. The Labute approximate surface area is 197 Å². The van der Waals surface area contributed by atoms with E-state index in [9.17, 15) is 14.4 Å². The molecular formula is C25H23Cl2NO4. The van der Waals surface area contributed by atoms with Gasteiger partial charge in [-0.2, -0.15) is 0 Å². The first-order valence-electron chi connectivity index (χ1n) is 9.75. The van der Waals surface area contributed by atoms with Crippen LogP contribution in [0.4, 0.5) is 0 Å². The van der Waals surface area contributed by atoms with E-state index in [0.29, 0.717) is 16.1 Å². The number of ketones is 1. The zero-order valence-electron chi connectivity index (χ0n) is 17.7. The Morgan fingerprint density at radius 1 is 0.906 bits per heavy atom. The summed E-state index contributed by atoms with van der Waals surface area (Å²) in [6.45, 7) is 3.06. The third-order valence-electron chi connectivity index (χ3n) is 4.42. The van der Waals surface area contributed by atoms with Gasteiger partial charge in [-0.3, -0.25) is 14.4 Å². The number of aliphatic carboxylic acids is 1. The first-order valence-corrected chi connectivity index (χ1v) is 10.5. The van der Waals surface area contributed by atoms with Gasteiger partial charge >= 0.3 is 5.97 Å². The number of halogens is 2. The normalized spacial score (nSPS) is 10.0. The van der Waals surface area contributed by atoms with Crippen molar-refractivity contribution in [1.29, 1.82) is 0 Å². The van der Waals surface area contributed by atoms with Crippen LogP contribution < -0.4 is 0 Å². The second-order valence-corrected chi connectivity index (χ2v) is 7.93. The quantitative estimate of drug-likeness (QED) is 0.452. The van der Waals surface area contributed by atoms with Crippen molar-refractivity contribution in [1.82, 2.24) is 4.90 Å². The summed E-state index contributed by atoms with van der Waals surface area (Å²) < 4.78 is 0. The van der Waals surface area contributed by atoms with Gasteiger partial charge in [-0.05, 0) is 43.7 Å². The molecular weight excluding hydrogens is 449 g/mol. The highest BCUT2D eigenvalue weighted by Crippen LogP contribution is 2.23. The van der Waals surface area contributed by atoms with Gasteiger partial charge in [-0.1, -0.05) is 77.3 Å². The summed E-state index contributed by atoms with van der Waals surface area (Å²) in [5.74, 6) is -1.79. The largest absolute Gasteiger partial charge is 0.480 e. The summed E-state index contributed by atoms with van der Waals surface area (Å²) in [5, 5.41) is 9.63. The summed E-state index contributed by atoms with van der Waals surface area (Å²) >= 11 is 11.9. The maximum Gasteiger partial charge on any atom is 0.323 e. The van der Waals surface area contributed by atoms with Crippen LogP contribution in [-0.2, 0) is 11.3 Å². The molecule has 0 bridgehead atoms. The number of aryl methyl sites for hydroxylation is 1. The smallest absolute Gasteiger partial charge is 0.323 e. The molecule has 1 N–H and O–H groups in total. The van der Waals surface area contributed by atoms with E-state index in [-0.39, 0.29) is 22.9 Å². The highest BCUT2D eigenvalue weighted by atomic mass is 35.5. The molecule has 3 aromatic rings. The Kier molecular flexibility index (Phi) is 9.44. The molecule has 5 nitrogen and oxygen atoms in total. The molecule has 32 heavy (non-hydrogen) atoms. The molecule has 3 aromatic carbocycles. The molecule has 0 aromatic heterocycles. The molecule has 0 radical (unpaired) electrons. The fourth-order valence-electron chi connectivity index (χ4n) is 2.84. The number of carbonyl (C=O) groups excluding carboxylic acids is 2. The maximum absolute atomic E-state index is 12.7. The highest BCUT2D eigenvalue weighted by molar-refractivity contribution is 6.36. The highest BCUT2D eigenvalue weighted by Gasteiger charge is 2.21. The number of hydrogen-bond acceptors (Lipinski definition) is 3. The molecule has 0 aliphatic carbocycles. The lowest BCUT2D eigenvalue weighted by atomic mass is 10.1. The SMILES string of the molecule is CC(=O)c1cccc(CN(CC(=O)O)C(=O)c2ccc(Cl)cc2Cl)c1.Cc1ccccc1. The Morgan fingerprint density at radius 2 is 1.59 bits per heavy atom. The van der Waals surface area contributed by atoms with Crippen LogP contribution in [0.2, 0.25) is 10.0 Å². The maximum atomic E-state index is 12.7. The number of carbonyl (C=O) groups is 3. The average Bonchev–Trinajstić information content (AvgIpc) is 2.74. The number of carboxylic acid groups (broad SMARTS) is 1. The van der Waals surface area contributed by atoms with Crippen LogP contribution in [0.25, 0.3) is 0 Å². The summed E-state index contributed by atoms with van der Waals surface area (Å²) in [6.07, 6.45) is 0. The lowest BCUT2D eigenvalue weighted by Gasteiger charge is -2.22. The lowest BCUT2D eigenvalue weighted by molar-refractivity contribution is -0.137. The van der Waals surface area contributed by atoms with Gasteiger partial charge in [0.1, 0.15) is 6.54 Å². The van der Waals surface area contributed by atoms with Crippen molar-refractivity contribution in [2.24, 2.45) is 0 Å². The molecule has 7 heteroatoms. The first-order chi connectivity index (χ1) is 15.2. The fraction of sp³-hybridized carbons (Fsp3) is 0.160. The molecule has 0 aliphatic rings. The van der Waals surface area contributed by atoms with Crippen LogP contribution in [0.3, 0.4) is 0 Å². The van der Waals surface area contributed by atoms with E-state index in [0.717, 1.165) is 4.90 Å². The number of rotatable bonds is 6. The fourth-order valence-corrected chi connectivity index (χ4v) is 3.33. The Hall–Kier alpha value is -3.15. The van der Waals surface area contributed by atoms with Crippen LogP contribution in [-0.4, -0.2) is 34.2 Å². The number of Topliss-reactive ketones (excluding diaryl/α,β-unsaturated/α-hetero) is 1. The van der Waals surface area contributed by atoms with Gasteiger partial charge in [0.2, 0.25) is 0 Å². The Bertz CT molecular complexity index is 1100. The zero-order chi connectivity index (χ0) is 23.7. The van der Waals surface area contributed by atoms with Crippen LogP contribution in [0.15, 0.2) is 72.8 Å². The van der Waals surface area contributed by atoms with E-state index in [1.807, 2.05) is 18.2 Å². The van der Waals surface area contributed by atoms with E-state index in [1.165, 1.54) is 30.7 Å². The molecule has 0 spiro atoms. The number of hydrogen-bond donors (Lipinski definition) is 1. The molecule has 166 valence electrons. The summed E-state index contributed by atoms with van der Waals surface area (Å²) in [6, 6.07) is 21.3. The van der Waals surface area contributed by atoms with Crippen molar-refractivity contribution < 1.29 is 19.5 Å². The van der Waals surface area contributed by atoms with Crippen molar-refractivity contribution in [3.63, 3.8) is 0 Å². The third-order valence-corrected chi connectivity index (χ3v) is 4.97. The molecule has 1 amide bonds. The summed E-state index contributed by atoms with van der Waals surface area (Å²) in [4.78, 5) is 36.5. The predicted octanol–water partition coefficient (Wildman–Crippen LogP) is 5.92. The number of carboxylic acids is 1. The first kappa shape index (κ1) is 25.1. The van der Waals surface area contributed by atoms with E-state index in [2.05, 4.69) is 19.1 Å². The van der Waals surface area contributed by atoms with E-state index < -0.39 is 18.4 Å². The van der Waals surface area contributed by atoms with Gasteiger partial charge in [0.25, 0.3) is 5.91 Å². The molecule has 0 saturated carbocycles. The monoisotopic (exact) mass is 471 g/mol. The van der Waals surface area contributed by atoms with Gasteiger partial charge in [-0.15, -0.1) is 0 Å². The minimum atomic E-state index is -1.15. The van der Waals surface area contributed by atoms with Crippen LogP contribution in [0.1, 0.15) is 38.8 Å². The second kappa shape index (κ2) is 12.0. The van der Waals surface area contributed by atoms with Crippen LogP contribution in [0.5, 0.6) is 0 Å². The van der Waals surface area contributed by atoms with Gasteiger partial charge in [0, 0.05) is 17.1 Å². The second-order valence-electron chi connectivity index (χ2n) is 7.09. The molecule has 3 rings (SSSR count). The average molecular weight is 472 g/mol. The Morgan fingerprint density at radius 3 is 2.12 bits per heavy atom. The van der Waals surface area contributed by atoms with Crippen molar-refractivity contribution in [2.45, 2.75) is 20.4 Å². The van der Waals surface area contributed by atoms with Crippen molar-refractivity contribution in [3.8, 4) is 0 Å². The Balaban J connectivity index is 0.000000439. The van der Waals surface area contributed by atoms with Crippen molar-refractivity contribution >= 4 is 40.9 Å². The summed E-state index contributed by atoms with van der Waals surface area (Å²) in [7, 11) is 0. The minimum Gasteiger partial charge on any atom is -0.480 e. The molecule has 0 atom stereocenters. The van der Waals surface area contributed by atoms with E-state index in [1.54, 1.807) is 24.3 Å². The molecule has 0 fully saturated rings. The van der Waals surface area contributed by atoms with Crippen molar-refractivity contribution in [3.05, 3.63) is 105 Å². The number of amides is 1. The predicted molar refractivity (Wildman–Crippen MR) is 126 cm³/mol. The number of nitrogens with zero attached hydrogens (tertiary/aromatic N) is 1. The standard InChI is InChI=1S/C18H15Cl2NO4.C7H8/c1-11(22)13-4-2-3-12(7-13)9-21(10-17(23)24)18(25)15-6-5-14(19)8-16(15)20;1-7-5-3-2-4-6-7/h2-8H,9-10H2,1H3,(H,23,24);2-6H,1H3. The van der Waals surface area contributed by atoms with E-state index in [4.69, 9.17) is 28.3 Å². The minimum absolute atomic E-state index is 0.0329. The zero-order valence-corrected chi connectivity index (χ0v) is 19.2. The van der Waals surface area contributed by atoms with Gasteiger partial charge in [-0.25, -0.2) is 0 Å². The number of benzene rings is 3.